The van der Waals surface area contributed by atoms with Crippen molar-refractivity contribution in [3.05, 3.63) is 16.1 Å². The molecule has 4 heteroatoms. The highest BCUT2D eigenvalue weighted by Gasteiger charge is 2.29. The van der Waals surface area contributed by atoms with Crippen molar-refractivity contribution >= 4 is 11.3 Å². The summed E-state index contributed by atoms with van der Waals surface area (Å²) in [6.45, 7) is 6.48. The monoisotopic (exact) mass is 239 g/mol. The summed E-state index contributed by atoms with van der Waals surface area (Å²) in [6.07, 6.45) is 5.53. The summed E-state index contributed by atoms with van der Waals surface area (Å²) in [7, 11) is 0. The van der Waals surface area contributed by atoms with Crippen LogP contribution >= 0.6 is 11.3 Å². The highest BCUT2D eigenvalue weighted by atomic mass is 32.1. The van der Waals surface area contributed by atoms with Crippen LogP contribution in [0.3, 0.4) is 0 Å². The minimum Gasteiger partial charge on any atom is -0.330 e. The van der Waals surface area contributed by atoms with Crippen LogP contribution in [0.25, 0.3) is 0 Å². The van der Waals surface area contributed by atoms with E-state index >= 15 is 0 Å². The molecule has 3 nitrogen and oxygen atoms in total. The Morgan fingerprint density at radius 3 is 3.12 bits per heavy atom. The minimum absolute atomic E-state index is 0.552. The van der Waals surface area contributed by atoms with Crippen LogP contribution in [0.1, 0.15) is 42.6 Å². The fraction of sp³-hybridized carbons (Fsp3) is 0.750. The van der Waals surface area contributed by atoms with Crippen LogP contribution in [0.4, 0.5) is 0 Å². The Kier molecular flexibility index (Phi) is 3.95. The van der Waals surface area contributed by atoms with Gasteiger partial charge in [0.1, 0.15) is 5.01 Å². The predicted molar refractivity (Wildman–Crippen MR) is 68.7 cm³/mol. The standard InChI is InChI=1S/C12H21N3S/c1-9(2)15-7-3-4-11(15)12-14-8-10(16-12)5-6-13/h8-9,11H,3-7,13H2,1-2H3. The molecule has 1 fully saturated rings. The van der Waals surface area contributed by atoms with Gasteiger partial charge in [-0.3, -0.25) is 4.90 Å². The molecule has 2 N–H and O–H groups in total. The molecular weight excluding hydrogens is 218 g/mol. The van der Waals surface area contributed by atoms with Crippen molar-refractivity contribution in [2.24, 2.45) is 5.73 Å². The van der Waals surface area contributed by atoms with Crippen LogP contribution in [-0.4, -0.2) is 29.0 Å². The number of likely N-dealkylation sites (tertiary alicyclic amines) is 1. The zero-order chi connectivity index (χ0) is 11.5. The molecule has 0 amide bonds. The highest BCUT2D eigenvalue weighted by molar-refractivity contribution is 7.11. The molecule has 0 aliphatic carbocycles. The third kappa shape index (κ3) is 2.44. The first-order valence-corrected chi connectivity index (χ1v) is 6.94. The van der Waals surface area contributed by atoms with Gasteiger partial charge in [-0.25, -0.2) is 4.98 Å². The normalized spacial score (nSPS) is 22.1. The van der Waals surface area contributed by atoms with E-state index in [9.17, 15) is 0 Å². The largest absolute Gasteiger partial charge is 0.330 e. The smallest absolute Gasteiger partial charge is 0.110 e. The molecule has 1 aliphatic rings. The number of rotatable bonds is 4. The molecule has 2 heterocycles. The lowest BCUT2D eigenvalue weighted by Gasteiger charge is -2.26. The van der Waals surface area contributed by atoms with Crippen molar-refractivity contribution in [2.75, 3.05) is 13.1 Å². The van der Waals surface area contributed by atoms with E-state index in [2.05, 4.69) is 23.7 Å². The van der Waals surface area contributed by atoms with Gasteiger partial charge in [-0.15, -0.1) is 11.3 Å². The van der Waals surface area contributed by atoms with Crippen molar-refractivity contribution in [3.8, 4) is 0 Å². The summed E-state index contributed by atoms with van der Waals surface area (Å²) in [5.74, 6) is 0. The molecular formula is C12H21N3S. The number of aromatic nitrogens is 1. The van der Waals surface area contributed by atoms with Gasteiger partial charge in [-0.2, -0.15) is 0 Å². The Morgan fingerprint density at radius 1 is 1.62 bits per heavy atom. The van der Waals surface area contributed by atoms with Gasteiger partial charge in [-0.1, -0.05) is 0 Å². The van der Waals surface area contributed by atoms with Crippen LogP contribution in [-0.2, 0) is 6.42 Å². The molecule has 2 rings (SSSR count). The van der Waals surface area contributed by atoms with Gasteiger partial charge in [0.05, 0.1) is 6.04 Å². The second kappa shape index (κ2) is 5.25. The first-order valence-electron chi connectivity index (χ1n) is 6.12. The van der Waals surface area contributed by atoms with E-state index in [4.69, 9.17) is 5.73 Å². The molecule has 0 spiro atoms. The molecule has 1 saturated heterocycles. The Morgan fingerprint density at radius 2 is 2.44 bits per heavy atom. The van der Waals surface area contributed by atoms with Crippen molar-refractivity contribution in [1.82, 2.24) is 9.88 Å². The van der Waals surface area contributed by atoms with E-state index in [0.717, 1.165) is 13.0 Å². The molecule has 0 radical (unpaired) electrons. The van der Waals surface area contributed by atoms with Gasteiger partial charge in [0, 0.05) is 17.1 Å². The quantitative estimate of drug-likeness (QED) is 0.876. The Bertz CT molecular complexity index is 335. The van der Waals surface area contributed by atoms with Crippen molar-refractivity contribution < 1.29 is 0 Å². The van der Waals surface area contributed by atoms with Gasteiger partial charge in [0.25, 0.3) is 0 Å². The van der Waals surface area contributed by atoms with Crippen LogP contribution in [0.2, 0.25) is 0 Å². The molecule has 1 aliphatic heterocycles. The summed E-state index contributed by atoms with van der Waals surface area (Å²) in [5.41, 5.74) is 5.57. The third-order valence-electron chi connectivity index (χ3n) is 3.20. The average Bonchev–Trinajstić information content (AvgIpc) is 2.83. The van der Waals surface area contributed by atoms with Gasteiger partial charge in [0.15, 0.2) is 0 Å². The molecule has 1 unspecified atom stereocenters. The number of thiazole rings is 1. The van der Waals surface area contributed by atoms with Gasteiger partial charge < -0.3 is 5.73 Å². The van der Waals surface area contributed by atoms with E-state index in [1.165, 1.54) is 29.3 Å². The highest BCUT2D eigenvalue weighted by Crippen LogP contribution is 2.35. The van der Waals surface area contributed by atoms with Gasteiger partial charge in [0.2, 0.25) is 0 Å². The first kappa shape index (κ1) is 12.0. The summed E-state index contributed by atoms with van der Waals surface area (Å²) in [5, 5.41) is 1.29. The van der Waals surface area contributed by atoms with Crippen LogP contribution in [0.5, 0.6) is 0 Å². The summed E-state index contributed by atoms with van der Waals surface area (Å²) >= 11 is 1.84. The summed E-state index contributed by atoms with van der Waals surface area (Å²) in [4.78, 5) is 8.46. The van der Waals surface area contributed by atoms with E-state index in [1.54, 1.807) is 0 Å². The number of nitrogens with two attached hydrogens (primary N) is 1. The minimum atomic E-state index is 0.552. The summed E-state index contributed by atoms with van der Waals surface area (Å²) < 4.78 is 0. The number of hydrogen-bond acceptors (Lipinski definition) is 4. The molecule has 90 valence electrons. The van der Waals surface area contributed by atoms with E-state index in [1.807, 2.05) is 17.5 Å². The van der Waals surface area contributed by atoms with E-state index < -0.39 is 0 Å². The molecule has 16 heavy (non-hydrogen) atoms. The van der Waals surface area contributed by atoms with Crippen LogP contribution in [0.15, 0.2) is 6.20 Å². The molecule has 0 saturated carbocycles. The molecule has 1 aromatic heterocycles. The van der Waals surface area contributed by atoms with Gasteiger partial charge >= 0.3 is 0 Å². The zero-order valence-electron chi connectivity index (χ0n) is 10.1. The number of hydrogen-bond donors (Lipinski definition) is 1. The lowest BCUT2D eigenvalue weighted by atomic mass is 10.2. The molecule has 1 atom stereocenters. The first-order chi connectivity index (χ1) is 7.72. The molecule has 0 bridgehead atoms. The Hall–Kier alpha value is -0.450. The van der Waals surface area contributed by atoms with Gasteiger partial charge in [-0.05, 0) is 46.2 Å². The SMILES string of the molecule is CC(C)N1CCCC1c1ncc(CCN)s1. The second-order valence-corrected chi connectivity index (χ2v) is 5.84. The summed E-state index contributed by atoms with van der Waals surface area (Å²) in [6, 6.07) is 1.17. The Labute approximate surface area is 102 Å². The van der Waals surface area contributed by atoms with E-state index in [-0.39, 0.29) is 0 Å². The second-order valence-electron chi connectivity index (χ2n) is 4.69. The van der Waals surface area contributed by atoms with Crippen LogP contribution in [0, 0.1) is 0 Å². The maximum atomic E-state index is 5.57. The third-order valence-corrected chi connectivity index (χ3v) is 4.36. The lowest BCUT2D eigenvalue weighted by Crippen LogP contribution is -2.30. The zero-order valence-corrected chi connectivity index (χ0v) is 11.0. The Balaban J connectivity index is 2.10. The topological polar surface area (TPSA) is 42.2 Å². The maximum Gasteiger partial charge on any atom is 0.110 e. The predicted octanol–water partition coefficient (Wildman–Crippen LogP) is 2.19. The fourth-order valence-electron chi connectivity index (χ4n) is 2.41. The van der Waals surface area contributed by atoms with Crippen molar-refractivity contribution in [1.29, 1.82) is 0 Å². The average molecular weight is 239 g/mol. The lowest BCUT2D eigenvalue weighted by molar-refractivity contribution is 0.205. The van der Waals surface area contributed by atoms with Crippen molar-refractivity contribution in [3.63, 3.8) is 0 Å². The molecule has 1 aromatic rings. The number of nitrogens with zero attached hydrogens (tertiary/aromatic N) is 2. The van der Waals surface area contributed by atoms with E-state index in [0.29, 0.717) is 12.1 Å². The molecule has 0 aromatic carbocycles. The maximum absolute atomic E-state index is 5.57. The van der Waals surface area contributed by atoms with Crippen molar-refractivity contribution in [2.45, 2.75) is 45.2 Å². The fourth-order valence-corrected chi connectivity index (χ4v) is 3.50. The van der Waals surface area contributed by atoms with Crippen LogP contribution < -0.4 is 5.73 Å².